The van der Waals surface area contributed by atoms with Gasteiger partial charge in [-0.05, 0) is 49.7 Å². The smallest absolute Gasteiger partial charge is 0.262 e. The molecule has 0 radical (unpaired) electrons. The Bertz CT molecular complexity index is 840. The van der Waals surface area contributed by atoms with E-state index in [1.165, 1.54) is 0 Å². The molecule has 1 heterocycles. The van der Waals surface area contributed by atoms with Crippen molar-refractivity contribution in [3.05, 3.63) is 66.0 Å². The van der Waals surface area contributed by atoms with Crippen LogP contribution >= 0.6 is 0 Å². The quantitative estimate of drug-likeness (QED) is 0.784. The molecule has 3 aromatic rings. The highest BCUT2D eigenvalue weighted by Crippen LogP contribution is 2.17. The van der Waals surface area contributed by atoms with E-state index >= 15 is 0 Å². The predicted molar refractivity (Wildman–Crippen MR) is 91.4 cm³/mol. The molecule has 0 aliphatic heterocycles. The number of amides is 1. The number of aryl methyl sites for hydroxylation is 2. The SMILES string of the molecule is Cc1ccccc1OCC(=O)Nc1ccc(-n2nncc2C)cc1. The minimum atomic E-state index is -0.206. The zero-order valence-corrected chi connectivity index (χ0v) is 13.6. The van der Waals surface area contributed by atoms with Gasteiger partial charge in [0.25, 0.3) is 5.91 Å². The summed E-state index contributed by atoms with van der Waals surface area (Å²) in [5.74, 6) is 0.507. The van der Waals surface area contributed by atoms with Gasteiger partial charge in [0.05, 0.1) is 17.6 Å². The fourth-order valence-corrected chi connectivity index (χ4v) is 2.29. The molecular formula is C18H18N4O2. The van der Waals surface area contributed by atoms with Crippen LogP contribution in [0.4, 0.5) is 5.69 Å². The number of nitrogens with zero attached hydrogens (tertiary/aromatic N) is 3. The van der Waals surface area contributed by atoms with Crippen LogP contribution in [0, 0.1) is 13.8 Å². The lowest BCUT2D eigenvalue weighted by Crippen LogP contribution is -2.20. The summed E-state index contributed by atoms with van der Waals surface area (Å²) in [6, 6.07) is 15.0. The van der Waals surface area contributed by atoms with E-state index in [4.69, 9.17) is 4.74 Å². The number of aromatic nitrogens is 3. The van der Waals surface area contributed by atoms with Crippen molar-refractivity contribution in [2.45, 2.75) is 13.8 Å². The monoisotopic (exact) mass is 322 g/mol. The minimum absolute atomic E-state index is 0.0329. The van der Waals surface area contributed by atoms with E-state index in [1.54, 1.807) is 10.9 Å². The van der Waals surface area contributed by atoms with Gasteiger partial charge < -0.3 is 10.1 Å². The van der Waals surface area contributed by atoms with E-state index < -0.39 is 0 Å². The van der Waals surface area contributed by atoms with E-state index in [9.17, 15) is 4.79 Å². The van der Waals surface area contributed by atoms with Gasteiger partial charge in [0.1, 0.15) is 5.75 Å². The van der Waals surface area contributed by atoms with Crippen molar-refractivity contribution in [3.63, 3.8) is 0 Å². The second-order valence-electron chi connectivity index (χ2n) is 5.44. The molecule has 3 rings (SSSR count). The summed E-state index contributed by atoms with van der Waals surface area (Å²) < 4.78 is 7.26. The summed E-state index contributed by atoms with van der Waals surface area (Å²) in [6.45, 7) is 3.84. The van der Waals surface area contributed by atoms with Crippen LogP contribution in [0.3, 0.4) is 0 Å². The van der Waals surface area contributed by atoms with Crippen molar-refractivity contribution < 1.29 is 9.53 Å². The maximum atomic E-state index is 12.0. The van der Waals surface area contributed by atoms with Crippen LogP contribution in [0.15, 0.2) is 54.7 Å². The number of carbonyl (C=O) groups is 1. The Morgan fingerprint density at radius 3 is 2.54 bits per heavy atom. The lowest BCUT2D eigenvalue weighted by molar-refractivity contribution is -0.118. The molecule has 2 aromatic carbocycles. The molecule has 0 saturated heterocycles. The molecule has 1 N–H and O–H groups in total. The molecule has 0 aliphatic rings. The highest BCUT2D eigenvalue weighted by molar-refractivity contribution is 5.91. The Morgan fingerprint density at radius 1 is 1.12 bits per heavy atom. The Morgan fingerprint density at radius 2 is 1.88 bits per heavy atom. The first-order valence-corrected chi connectivity index (χ1v) is 7.59. The predicted octanol–water partition coefficient (Wildman–Crippen LogP) is 2.90. The number of ether oxygens (including phenoxy) is 1. The minimum Gasteiger partial charge on any atom is -0.483 e. The van der Waals surface area contributed by atoms with Gasteiger partial charge in [-0.25, -0.2) is 4.68 Å². The molecular weight excluding hydrogens is 304 g/mol. The van der Waals surface area contributed by atoms with E-state index in [0.29, 0.717) is 11.4 Å². The molecule has 0 fully saturated rings. The molecule has 0 unspecified atom stereocenters. The average molecular weight is 322 g/mol. The Hall–Kier alpha value is -3.15. The molecule has 0 aliphatic carbocycles. The van der Waals surface area contributed by atoms with Crippen molar-refractivity contribution in [2.75, 3.05) is 11.9 Å². The molecule has 0 atom stereocenters. The van der Waals surface area contributed by atoms with Crippen molar-refractivity contribution in [2.24, 2.45) is 0 Å². The summed E-state index contributed by atoms with van der Waals surface area (Å²) in [7, 11) is 0. The third-order valence-corrected chi connectivity index (χ3v) is 3.57. The molecule has 1 amide bonds. The summed E-state index contributed by atoms with van der Waals surface area (Å²) in [6.07, 6.45) is 1.69. The third-order valence-electron chi connectivity index (χ3n) is 3.57. The molecule has 0 spiro atoms. The van der Waals surface area contributed by atoms with Crippen LogP contribution in [0.2, 0.25) is 0 Å². The zero-order valence-electron chi connectivity index (χ0n) is 13.6. The van der Waals surface area contributed by atoms with Crippen molar-refractivity contribution in [3.8, 4) is 11.4 Å². The Balaban J connectivity index is 1.59. The van der Waals surface area contributed by atoms with E-state index in [2.05, 4.69) is 15.6 Å². The van der Waals surface area contributed by atoms with Crippen LogP contribution in [0.1, 0.15) is 11.3 Å². The fraction of sp³-hybridized carbons (Fsp3) is 0.167. The van der Waals surface area contributed by atoms with Crippen molar-refractivity contribution in [1.29, 1.82) is 0 Å². The van der Waals surface area contributed by atoms with Gasteiger partial charge >= 0.3 is 0 Å². The maximum absolute atomic E-state index is 12.0. The van der Waals surface area contributed by atoms with Crippen LogP contribution in [-0.2, 0) is 4.79 Å². The topological polar surface area (TPSA) is 69.0 Å². The number of benzene rings is 2. The van der Waals surface area contributed by atoms with Crippen LogP contribution in [0.25, 0.3) is 5.69 Å². The fourth-order valence-electron chi connectivity index (χ4n) is 2.29. The molecule has 6 nitrogen and oxygen atoms in total. The van der Waals surface area contributed by atoms with E-state index in [1.807, 2.05) is 62.4 Å². The van der Waals surface area contributed by atoms with Gasteiger partial charge in [-0.2, -0.15) is 0 Å². The number of carbonyl (C=O) groups excluding carboxylic acids is 1. The molecule has 122 valence electrons. The van der Waals surface area contributed by atoms with Gasteiger partial charge in [-0.3, -0.25) is 4.79 Å². The second-order valence-corrected chi connectivity index (χ2v) is 5.44. The largest absolute Gasteiger partial charge is 0.483 e. The van der Waals surface area contributed by atoms with Crippen LogP contribution in [-0.4, -0.2) is 27.5 Å². The Labute approximate surface area is 140 Å². The number of hydrogen-bond acceptors (Lipinski definition) is 4. The van der Waals surface area contributed by atoms with Crippen LogP contribution < -0.4 is 10.1 Å². The Kier molecular flexibility index (Phi) is 4.56. The summed E-state index contributed by atoms with van der Waals surface area (Å²) in [5.41, 5.74) is 3.53. The number of rotatable bonds is 5. The summed E-state index contributed by atoms with van der Waals surface area (Å²) >= 11 is 0. The van der Waals surface area contributed by atoms with Crippen molar-refractivity contribution in [1.82, 2.24) is 15.0 Å². The average Bonchev–Trinajstić information content (AvgIpc) is 3.01. The number of anilines is 1. The van der Waals surface area contributed by atoms with E-state index in [-0.39, 0.29) is 12.5 Å². The molecule has 0 bridgehead atoms. The molecule has 1 aromatic heterocycles. The maximum Gasteiger partial charge on any atom is 0.262 e. The van der Waals surface area contributed by atoms with Gasteiger partial charge in [0, 0.05) is 5.69 Å². The third kappa shape index (κ3) is 3.60. The lowest BCUT2D eigenvalue weighted by Gasteiger charge is -2.10. The van der Waals surface area contributed by atoms with Gasteiger partial charge in [0.15, 0.2) is 6.61 Å². The lowest BCUT2D eigenvalue weighted by atomic mass is 10.2. The highest BCUT2D eigenvalue weighted by Gasteiger charge is 2.06. The molecule has 0 saturated carbocycles. The van der Waals surface area contributed by atoms with Crippen molar-refractivity contribution >= 4 is 11.6 Å². The standard InChI is InChI=1S/C18H18N4O2/c1-13-5-3-4-6-17(13)24-12-18(23)20-15-7-9-16(10-8-15)22-14(2)11-19-21-22/h3-11H,12H2,1-2H3,(H,20,23). The number of nitrogens with one attached hydrogen (secondary N) is 1. The van der Waals surface area contributed by atoms with E-state index in [0.717, 1.165) is 16.9 Å². The second kappa shape index (κ2) is 6.95. The zero-order chi connectivity index (χ0) is 16.9. The summed E-state index contributed by atoms with van der Waals surface area (Å²) in [5, 5.41) is 10.7. The first kappa shape index (κ1) is 15.7. The van der Waals surface area contributed by atoms with Gasteiger partial charge in [0.2, 0.25) is 0 Å². The van der Waals surface area contributed by atoms with Crippen LogP contribution in [0.5, 0.6) is 5.75 Å². The summed E-state index contributed by atoms with van der Waals surface area (Å²) in [4.78, 5) is 12.0. The van der Waals surface area contributed by atoms with Gasteiger partial charge in [-0.1, -0.05) is 23.4 Å². The first-order valence-electron chi connectivity index (χ1n) is 7.59. The number of para-hydroxylation sites is 1. The molecule has 6 heteroatoms. The highest BCUT2D eigenvalue weighted by atomic mass is 16.5. The first-order chi connectivity index (χ1) is 11.6. The normalized spacial score (nSPS) is 10.4. The molecule has 24 heavy (non-hydrogen) atoms. The van der Waals surface area contributed by atoms with Gasteiger partial charge in [-0.15, -0.1) is 5.10 Å². The number of hydrogen-bond donors (Lipinski definition) is 1.